The summed E-state index contributed by atoms with van der Waals surface area (Å²) in [4.78, 5) is 23.0. The number of carbonyl (C=O) groups excluding carboxylic acids is 2. The first-order valence-electron chi connectivity index (χ1n) is 6.34. The number of unbranched alkanes of at least 4 members (excludes halogenated alkanes) is 1. The van der Waals surface area contributed by atoms with Gasteiger partial charge >= 0.3 is 12.1 Å². The molecule has 0 fully saturated rings. The van der Waals surface area contributed by atoms with Crippen molar-refractivity contribution in [2.24, 2.45) is 5.92 Å². The molecule has 0 rings (SSSR count). The number of rotatable bonds is 6. The van der Waals surface area contributed by atoms with E-state index in [0.717, 1.165) is 12.8 Å². The van der Waals surface area contributed by atoms with Gasteiger partial charge in [-0.1, -0.05) is 19.8 Å². The van der Waals surface area contributed by atoms with Crippen molar-refractivity contribution < 1.29 is 19.1 Å². The van der Waals surface area contributed by atoms with Crippen LogP contribution in [-0.4, -0.2) is 31.3 Å². The third-order valence-electron chi connectivity index (χ3n) is 2.33. The van der Waals surface area contributed by atoms with Crippen molar-refractivity contribution in [3.8, 4) is 0 Å². The molecule has 106 valence electrons. The van der Waals surface area contributed by atoms with Crippen LogP contribution in [0.4, 0.5) is 4.79 Å². The van der Waals surface area contributed by atoms with E-state index < -0.39 is 11.7 Å². The van der Waals surface area contributed by atoms with E-state index in [1.807, 2.05) is 0 Å². The van der Waals surface area contributed by atoms with Gasteiger partial charge in [0.25, 0.3) is 0 Å². The largest absolute Gasteiger partial charge is 0.469 e. The summed E-state index contributed by atoms with van der Waals surface area (Å²) in [5.74, 6) is -0.595. The normalized spacial score (nSPS) is 12.7. The molecule has 0 aromatic carbocycles. The van der Waals surface area contributed by atoms with Crippen LogP contribution >= 0.6 is 0 Å². The molecule has 1 atom stereocenters. The zero-order valence-electron chi connectivity index (χ0n) is 12.0. The number of esters is 1. The lowest BCUT2D eigenvalue weighted by molar-refractivity contribution is -0.145. The fourth-order valence-corrected chi connectivity index (χ4v) is 1.44. The highest BCUT2D eigenvalue weighted by Gasteiger charge is 2.21. The van der Waals surface area contributed by atoms with Gasteiger partial charge in [-0.15, -0.1) is 0 Å². The summed E-state index contributed by atoms with van der Waals surface area (Å²) in [5, 5.41) is 2.60. The zero-order valence-corrected chi connectivity index (χ0v) is 12.0. The Morgan fingerprint density at radius 2 is 1.89 bits per heavy atom. The molecule has 1 N–H and O–H groups in total. The molecule has 0 radical (unpaired) electrons. The summed E-state index contributed by atoms with van der Waals surface area (Å²) < 4.78 is 9.82. The maximum Gasteiger partial charge on any atom is 0.407 e. The molecule has 1 amide bonds. The van der Waals surface area contributed by atoms with E-state index in [1.54, 1.807) is 20.8 Å². The summed E-state index contributed by atoms with van der Waals surface area (Å²) in [6.07, 6.45) is 2.13. The average molecular weight is 259 g/mol. The maximum absolute atomic E-state index is 11.5. The second kappa shape index (κ2) is 7.95. The lowest BCUT2D eigenvalue weighted by Crippen LogP contribution is -2.37. The van der Waals surface area contributed by atoms with Crippen LogP contribution in [-0.2, 0) is 14.3 Å². The van der Waals surface area contributed by atoms with Crippen LogP contribution in [0.25, 0.3) is 0 Å². The van der Waals surface area contributed by atoms with E-state index in [2.05, 4.69) is 12.2 Å². The van der Waals surface area contributed by atoms with Crippen molar-refractivity contribution in [3.05, 3.63) is 0 Å². The number of alkyl carbamates (subject to hydrolysis) is 1. The van der Waals surface area contributed by atoms with E-state index in [-0.39, 0.29) is 18.4 Å². The number of ether oxygens (including phenoxy) is 2. The molecule has 18 heavy (non-hydrogen) atoms. The second-order valence-corrected chi connectivity index (χ2v) is 5.25. The van der Waals surface area contributed by atoms with Gasteiger partial charge in [0.15, 0.2) is 0 Å². The molecule has 5 heteroatoms. The number of nitrogens with one attached hydrogen (secondary N) is 1. The van der Waals surface area contributed by atoms with Gasteiger partial charge in [-0.25, -0.2) is 4.79 Å². The highest BCUT2D eigenvalue weighted by Crippen LogP contribution is 2.11. The molecule has 0 bridgehead atoms. The third kappa shape index (κ3) is 7.92. The molecule has 0 aliphatic rings. The van der Waals surface area contributed by atoms with Gasteiger partial charge in [-0.05, 0) is 27.2 Å². The van der Waals surface area contributed by atoms with Crippen LogP contribution in [0.3, 0.4) is 0 Å². The van der Waals surface area contributed by atoms with Gasteiger partial charge < -0.3 is 14.8 Å². The summed E-state index contributed by atoms with van der Waals surface area (Å²) in [6.45, 7) is 7.68. The minimum Gasteiger partial charge on any atom is -0.469 e. The molecule has 0 spiro atoms. The van der Waals surface area contributed by atoms with E-state index in [0.29, 0.717) is 6.42 Å². The van der Waals surface area contributed by atoms with Gasteiger partial charge in [-0.2, -0.15) is 0 Å². The van der Waals surface area contributed by atoms with Crippen LogP contribution in [0, 0.1) is 5.92 Å². The molecule has 0 heterocycles. The highest BCUT2D eigenvalue weighted by atomic mass is 16.6. The minimum atomic E-state index is -0.533. The summed E-state index contributed by atoms with van der Waals surface area (Å²) in [6, 6.07) is 0. The lowest BCUT2D eigenvalue weighted by atomic mass is 10.0. The number of hydrogen-bond acceptors (Lipinski definition) is 4. The zero-order chi connectivity index (χ0) is 14.2. The monoisotopic (exact) mass is 259 g/mol. The van der Waals surface area contributed by atoms with Crippen LogP contribution in [0.5, 0.6) is 0 Å². The van der Waals surface area contributed by atoms with Crippen LogP contribution < -0.4 is 5.32 Å². The van der Waals surface area contributed by atoms with E-state index in [4.69, 9.17) is 9.47 Å². The van der Waals surface area contributed by atoms with Gasteiger partial charge in [0.2, 0.25) is 0 Å². The topological polar surface area (TPSA) is 64.6 Å². The highest BCUT2D eigenvalue weighted by molar-refractivity contribution is 5.74. The fraction of sp³-hybridized carbons (Fsp3) is 0.846. The molecule has 0 aliphatic carbocycles. The number of amides is 1. The Labute approximate surface area is 109 Å². The second-order valence-electron chi connectivity index (χ2n) is 5.25. The van der Waals surface area contributed by atoms with E-state index in [1.165, 1.54) is 7.11 Å². The first-order valence-corrected chi connectivity index (χ1v) is 6.34. The Morgan fingerprint density at radius 3 is 2.33 bits per heavy atom. The maximum atomic E-state index is 11.5. The Bertz CT molecular complexity index is 271. The quantitative estimate of drug-likeness (QED) is 0.744. The van der Waals surface area contributed by atoms with E-state index in [9.17, 15) is 9.59 Å². The SMILES string of the molecule is CCCCC(CNC(=O)OC(C)(C)C)C(=O)OC. The standard InChI is InChI=1S/C13H25NO4/c1-6-7-8-10(11(15)17-5)9-14-12(16)18-13(2,3)4/h10H,6-9H2,1-5H3,(H,14,16). The third-order valence-corrected chi connectivity index (χ3v) is 2.33. The molecule has 1 unspecified atom stereocenters. The van der Waals surface area contributed by atoms with Crippen molar-refractivity contribution >= 4 is 12.1 Å². The van der Waals surface area contributed by atoms with Crippen molar-refractivity contribution in [2.45, 2.75) is 52.6 Å². The molecule has 0 saturated carbocycles. The Hall–Kier alpha value is -1.26. The van der Waals surface area contributed by atoms with Gasteiger partial charge in [0.05, 0.1) is 13.0 Å². The first kappa shape index (κ1) is 16.7. The molecular formula is C13H25NO4. The van der Waals surface area contributed by atoms with E-state index >= 15 is 0 Å². The molecular weight excluding hydrogens is 234 g/mol. The molecule has 0 aromatic rings. The minimum absolute atomic E-state index is 0.252. The summed E-state index contributed by atoms with van der Waals surface area (Å²) >= 11 is 0. The molecule has 0 saturated heterocycles. The van der Waals surface area contributed by atoms with Crippen molar-refractivity contribution in [2.75, 3.05) is 13.7 Å². The fourth-order valence-electron chi connectivity index (χ4n) is 1.44. The van der Waals surface area contributed by atoms with Crippen molar-refractivity contribution in [1.82, 2.24) is 5.32 Å². The van der Waals surface area contributed by atoms with Crippen LogP contribution in [0.15, 0.2) is 0 Å². The Kier molecular flexibility index (Phi) is 7.39. The summed E-state index contributed by atoms with van der Waals surface area (Å²) in [5.41, 5.74) is -0.533. The van der Waals surface area contributed by atoms with Gasteiger partial charge in [0, 0.05) is 6.54 Å². The number of carbonyl (C=O) groups is 2. The van der Waals surface area contributed by atoms with Crippen molar-refractivity contribution in [1.29, 1.82) is 0 Å². The Morgan fingerprint density at radius 1 is 1.28 bits per heavy atom. The number of hydrogen-bond donors (Lipinski definition) is 1. The predicted molar refractivity (Wildman–Crippen MR) is 69.3 cm³/mol. The van der Waals surface area contributed by atoms with Crippen molar-refractivity contribution in [3.63, 3.8) is 0 Å². The van der Waals surface area contributed by atoms with Crippen LogP contribution in [0.1, 0.15) is 47.0 Å². The smallest absolute Gasteiger partial charge is 0.407 e. The van der Waals surface area contributed by atoms with Gasteiger partial charge in [0.1, 0.15) is 5.60 Å². The lowest BCUT2D eigenvalue weighted by Gasteiger charge is -2.21. The Balaban J connectivity index is 4.17. The average Bonchev–Trinajstić information content (AvgIpc) is 2.26. The molecule has 5 nitrogen and oxygen atoms in total. The summed E-state index contributed by atoms with van der Waals surface area (Å²) in [7, 11) is 1.36. The molecule has 0 aliphatic heterocycles. The number of methoxy groups -OCH3 is 1. The predicted octanol–water partition coefficient (Wildman–Crippen LogP) is 2.49. The first-order chi connectivity index (χ1) is 8.30. The molecule has 0 aromatic heterocycles. The van der Waals surface area contributed by atoms with Gasteiger partial charge in [-0.3, -0.25) is 4.79 Å². The van der Waals surface area contributed by atoms with Crippen LogP contribution in [0.2, 0.25) is 0 Å².